The maximum atomic E-state index is 15.6. The Labute approximate surface area is 324 Å². The molecule has 298 valence electrons. The molecule has 2 aromatic heterocycles. The molecule has 7 heterocycles. The van der Waals surface area contributed by atoms with Crippen LogP contribution < -0.4 is 15.4 Å². The highest BCUT2D eigenvalue weighted by Crippen LogP contribution is 2.42. The van der Waals surface area contributed by atoms with Gasteiger partial charge in [-0.1, -0.05) is 6.08 Å². The average Bonchev–Trinajstić information content (AvgIpc) is 3.72. The van der Waals surface area contributed by atoms with Gasteiger partial charge in [-0.15, -0.1) is 0 Å². The molecule has 4 atom stereocenters. The van der Waals surface area contributed by atoms with Crippen molar-refractivity contribution in [2.24, 2.45) is 0 Å². The first-order chi connectivity index (χ1) is 27.1. The Hall–Kier alpha value is -4.56. The number of aromatic nitrogens is 3. The molecule has 0 spiro atoms. The van der Waals surface area contributed by atoms with Crippen molar-refractivity contribution in [3.05, 3.63) is 58.8 Å². The minimum absolute atomic E-state index is 0.00388. The number of ether oxygens (including phenoxy) is 3. The van der Waals surface area contributed by atoms with Crippen LogP contribution in [0.4, 0.5) is 24.8 Å². The van der Waals surface area contributed by atoms with Gasteiger partial charge in [0.2, 0.25) is 5.91 Å². The van der Waals surface area contributed by atoms with Crippen LogP contribution in [0.3, 0.4) is 0 Å². The second-order valence-electron chi connectivity index (χ2n) is 15.6. The van der Waals surface area contributed by atoms with E-state index in [0.717, 1.165) is 51.4 Å². The number of hydrogen-bond donors (Lipinski definition) is 1. The second-order valence-corrected chi connectivity index (χ2v) is 15.6. The summed E-state index contributed by atoms with van der Waals surface area (Å²) in [7, 11) is 1.74. The molecule has 8 rings (SSSR count). The van der Waals surface area contributed by atoms with E-state index in [4.69, 9.17) is 29.9 Å². The lowest BCUT2D eigenvalue weighted by atomic mass is 9.95. The van der Waals surface area contributed by atoms with E-state index in [9.17, 15) is 18.8 Å². The van der Waals surface area contributed by atoms with Crippen LogP contribution >= 0.6 is 0 Å². The Balaban J connectivity index is 1.06. The zero-order valence-corrected chi connectivity index (χ0v) is 31.6. The van der Waals surface area contributed by atoms with Gasteiger partial charge in [0, 0.05) is 94.4 Å². The number of alkyl halides is 1. The first kappa shape index (κ1) is 38.3. The molecule has 56 heavy (non-hydrogen) atoms. The molecule has 2 N–H and O–H groups in total. The normalized spacial score (nSPS) is 26.2. The van der Waals surface area contributed by atoms with Crippen molar-refractivity contribution in [1.29, 1.82) is 5.26 Å². The van der Waals surface area contributed by atoms with E-state index in [1.165, 1.54) is 12.1 Å². The molecule has 5 aliphatic heterocycles. The summed E-state index contributed by atoms with van der Waals surface area (Å²) < 4.78 is 63.2. The molecule has 0 bridgehead atoms. The Bertz CT molecular complexity index is 2020. The number of likely N-dealkylation sites (tertiary alicyclic amines) is 1. The third-order valence-corrected chi connectivity index (χ3v) is 12.2. The fourth-order valence-electron chi connectivity index (χ4n) is 9.29. The molecule has 5 aliphatic rings. The Morgan fingerprint density at radius 3 is 2.77 bits per heavy atom. The molecule has 4 fully saturated rings. The van der Waals surface area contributed by atoms with E-state index in [1.807, 2.05) is 11.0 Å². The maximum absolute atomic E-state index is 15.6. The number of nitrogens with two attached hydrogens (primary N) is 1. The number of nitriles is 1. The van der Waals surface area contributed by atoms with E-state index in [1.54, 1.807) is 18.1 Å². The minimum Gasteiger partial charge on any atom is -0.461 e. The summed E-state index contributed by atoms with van der Waals surface area (Å²) in [6, 6.07) is 5.70. The number of piperidine rings is 1. The number of amides is 1. The van der Waals surface area contributed by atoms with E-state index in [-0.39, 0.29) is 66.4 Å². The van der Waals surface area contributed by atoms with Gasteiger partial charge in [0.25, 0.3) is 0 Å². The van der Waals surface area contributed by atoms with E-state index in [0.29, 0.717) is 56.2 Å². The zero-order chi connectivity index (χ0) is 39.0. The molecule has 16 heteroatoms. The van der Waals surface area contributed by atoms with Gasteiger partial charge >= 0.3 is 6.01 Å². The van der Waals surface area contributed by atoms with Crippen molar-refractivity contribution in [2.75, 3.05) is 76.7 Å². The summed E-state index contributed by atoms with van der Waals surface area (Å²) in [6.07, 6.45) is 6.23. The third kappa shape index (κ3) is 7.61. The summed E-state index contributed by atoms with van der Waals surface area (Å²) in [6.45, 7) is 4.96. The number of nitrogens with zero attached hydrogens (tertiary/aromatic N) is 8. The number of piperazine rings is 1. The number of pyridine rings is 1. The zero-order valence-electron chi connectivity index (χ0n) is 31.6. The smallest absolute Gasteiger partial charge is 0.318 e. The summed E-state index contributed by atoms with van der Waals surface area (Å²) in [5.41, 5.74) is 6.91. The molecule has 0 radical (unpaired) electrons. The van der Waals surface area contributed by atoms with Crippen molar-refractivity contribution in [3.63, 3.8) is 0 Å². The number of carbonyl (C=O) groups excluding carboxylic acids is 1. The summed E-state index contributed by atoms with van der Waals surface area (Å²) in [5, 5.41) is 9.95. The van der Waals surface area contributed by atoms with Crippen molar-refractivity contribution < 1.29 is 32.2 Å². The number of nitrogen functional groups attached to an aromatic ring is 1. The maximum Gasteiger partial charge on any atom is 0.318 e. The van der Waals surface area contributed by atoms with Crippen LogP contribution in [0.5, 0.6) is 6.01 Å². The number of hydrogen-bond acceptors (Lipinski definition) is 12. The largest absolute Gasteiger partial charge is 0.461 e. The number of methoxy groups -OCH3 is 1. The monoisotopic (exact) mass is 775 g/mol. The Kier molecular flexibility index (Phi) is 11.0. The number of benzene rings is 1. The van der Waals surface area contributed by atoms with Gasteiger partial charge in [0.15, 0.2) is 0 Å². The molecule has 1 unspecified atom stereocenters. The first-order valence-corrected chi connectivity index (χ1v) is 19.6. The Morgan fingerprint density at radius 1 is 1.12 bits per heavy atom. The lowest BCUT2D eigenvalue weighted by Crippen LogP contribution is -2.55. The molecule has 1 amide bonds. The van der Waals surface area contributed by atoms with E-state index in [2.05, 4.69) is 20.9 Å². The quantitative estimate of drug-likeness (QED) is 0.294. The number of halogens is 3. The number of carbonyl (C=O) groups is 1. The van der Waals surface area contributed by atoms with Gasteiger partial charge in [-0.3, -0.25) is 14.6 Å². The van der Waals surface area contributed by atoms with Crippen LogP contribution in [0.1, 0.15) is 61.4 Å². The van der Waals surface area contributed by atoms with Gasteiger partial charge in [-0.05, 0) is 44.4 Å². The average molecular weight is 776 g/mol. The topological polar surface area (TPSA) is 146 Å². The summed E-state index contributed by atoms with van der Waals surface area (Å²) in [5.74, 6) is -1.06. The molecule has 0 saturated carbocycles. The van der Waals surface area contributed by atoms with Gasteiger partial charge in [0.05, 0.1) is 54.1 Å². The van der Waals surface area contributed by atoms with Crippen LogP contribution in [-0.4, -0.2) is 125 Å². The standard InChI is InChI=1S/C40H48F3N9O4/c1-54-27-8-14-49(15-9-27)12-2-4-35(53)52-17-16-50(22-26(52)7-11-44)38-29-23-55-33(36-31(43)18-30(42)28-5-6-34(45)47-37(28)36)19-32(29)46-39(48-38)56-24-40-10-3-13-51(40)21-25(41)20-40/h2,4-6,18,25-27,33H,3,7-10,12-17,19-24H2,1H3,(H2,45,47)/b4-2+/t25-,26+,33?,40+/m1/s1. The SMILES string of the molecule is COC1CCN(C/C=C/C(=O)N2CCN(c3nc(OC[C@@]45CCCN4C[C@H](F)C5)nc4c3COC(c3c(F)cc(F)c5ccc(N)nc35)C4)C[C@@H]2CC#N)CC1. The van der Waals surface area contributed by atoms with Crippen molar-refractivity contribution in [2.45, 2.75) is 81.5 Å². The highest BCUT2D eigenvalue weighted by Gasteiger charge is 2.49. The molecular formula is C40H48F3N9O4. The predicted molar refractivity (Wildman–Crippen MR) is 201 cm³/mol. The third-order valence-electron chi connectivity index (χ3n) is 12.2. The fourth-order valence-corrected chi connectivity index (χ4v) is 9.29. The van der Waals surface area contributed by atoms with Crippen molar-refractivity contribution in [1.82, 2.24) is 29.7 Å². The molecule has 4 saturated heterocycles. The van der Waals surface area contributed by atoms with E-state index >= 15 is 4.39 Å². The second kappa shape index (κ2) is 16.1. The summed E-state index contributed by atoms with van der Waals surface area (Å²) >= 11 is 0. The lowest BCUT2D eigenvalue weighted by Gasteiger charge is -2.42. The van der Waals surface area contributed by atoms with Gasteiger partial charge < -0.3 is 29.7 Å². The van der Waals surface area contributed by atoms with Gasteiger partial charge in [-0.25, -0.2) is 18.2 Å². The first-order valence-electron chi connectivity index (χ1n) is 19.6. The predicted octanol–water partition coefficient (Wildman–Crippen LogP) is 4.25. The highest BCUT2D eigenvalue weighted by atomic mass is 19.1. The minimum atomic E-state index is -0.931. The van der Waals surface area contributed by atoms with Crippen LogP contribution in [0.15, 0.2) is 30.4 Å². The van der Waals surface area contributed by atoms with Gasteiger partial charge in [-0.2, -0.15) is 15.2 Å². The van der Waals surface area contributed by atoms with Crippen LogP contribution in [0, 0.1) is 23.0 Å². The van der Waals surface area contributed by atoms with Crippen molar-refractivity contribution in [3.8, 4) is 12.1 Å². The number of fused-ring (bicyclic) bond motifs is 3. The molecular weight excluding hydrogens is 727 g/mol. The Morgan fingerprint density at radius 2 is 1.96 bits per heavy atom. The van der Waals surface area contributed by atoms with E-state index < -0.39 is 35.5 Å². The number of rotatable bonds is 10. The highest BCUT2D eigenvalue weighted by molar-refractivity contribution is 5.88. The molecule has 0 aliphatic carbocycles. The lowest BCUT2D eigenvalue weighted by molar-refractivity contribution is -0.128. The van der Waals surface area contributed by atoms with Crippen LogP contribution in [0.2, 0.25) is 0 Å². The fraction of sp³-hybridized carbons (Fsp3) is 0.575. The summed E-state index contributed by atoms with van der Waals surface area (Å²) in [4.78, 5) is 35.8. The number of anilines is 2. The molecule has 13 nitrogen and oxygen atoms in total. The van der Waals surface area contributed by atoms with Gasteiger partial charge in [0.1, 0.15) is 36.0 Å². The molecule has 3 aromatic rings. The van der Waals surface area contributed by atoms with Crippen molar-refractivity contribution >= 4 is 28.4 Å². The van der Waals surface area contributed by atoms with Crippen LogP contribution in [-0.2, 0) is 27.3 Å². The molecule has 1 aromatic carbocycles. The van der Waals surface area contributed by atoms with Crippen LogP contribution in [0.25, 0.3) is 10.9 Å².